The van der Waals surface area contributed by atoms with Gasteiger partial charge in [0.15, 0.2) is 6.61 Å². The van der Waals surface area contributed by atoms with Crippen LogP contribution in [0, 0.1) is 13.8 Å². The van der Waals surface area contributed by atoms with Crippen LogP contribution in [0.3, 0.4) is 0 Å². The lowest BCUT2D eigenvalue weighted by Gasteiger charge is -2.12. The number of amides is 1. The van der Waals surface area contributed by atoms with E-state index >= 15 is 0 Å². The number of para-hydroxylation sites is 1. The van der Waals surface area contributed by atoms with Gasteiger partial charge in [-0.1, -0.05) is 29.8 Å². The number of carbonyl (C=O) groups excluding carboxylic acids is 1. The number of fused-ring (bicyclic) bond motifs is 1. The summed E-state index contributed by atoms with van der Waals surface area (Å²) in [6, 6.07) is 19.6. The minimum Gasteiger partial charge on any atom is -0.482 e. The molecule has 4 rings (SSSR count). The van der Waals surface area contributed by atoms with E-state index in [-0.39, 0.29) is 18.1 Å². The molecule has 0 saturated carbocycles. The highest BCUT2D eigenvalue weighted by molar-refractivity contribution is 6.32. The SMILES string of the molecule is Cc1ccc(Cl)c(OCC(=O)Nc2ccc(-n3c(C)nc4ccccc4c3=O)cc2)c1. The number of anilines is 1. The Morgan fingerprint density at radius 1 is 1.06 bits per heavy atom. The Hall–Kier alpha value is -3.64. The number of benzene rings is 3. The van der Waals surface area contributed by atoms with Crippen molar-refractivity contribution in [2.75, 3.05) is 11.9 Å². The van der Waals surface area contributed by atoms with Crippen LogP contribution in [-0.4, -0.2) is 22.1 Å². The number of aryl methyl sites for hydroxylation is 2. The zero-order valence-corrected chi connectivity index (χ0v) is 17.8. The van der Waals surface area contributed by atoms with E-state index in [0.717, 1.165) is 5.56 Å². The van der Waals surface area contributed by atoms with Crippen LogP contribution >= 0.6 is 11.6 Å². The van der Waals surface area contributed by atoms with E-state index < -0.39 is 0 Å². The van der Waals surface area contributed by atoms with Crippen molar-refractivity contribution in [2.45, 2.75) is 13.8 Å². The first-order valence-electron chi connectivity index (χ1n) is 9.70. The van der Waals surface area contributed by atoms with Gasteiger partial charge in [-0.2, -0.15) is 0 Å². The lowest BCUT2D eigenvalue weighted by molar-refractivity contribution is -0.118. The normalized spacial score (nSPS) is 10.8. The van der Waals surface area contributed by atoms with Crippen molar-refractivity contribution in [2.24, 2.45) is 0 Å². The van der Waals surface area contributed by atoms with Gasteiger partial charge in [-0.25, -0.2) is 4.98 Å². The molecule has 0 aliphatic rings. The highest BCUT2D eigenvalue weighted by atomic mass is 35.5. The average Bonchev–Trinajstić information content (AvgIpc) is 2.75. The first kappa shape index (κ1) is 20.6. The number of rotatable bonds is 5. The van der Waals surface area contributed by atoms with Crippen LogP contribution < -0.4 is 15.6 Å². The molecule has 0 spiro atoms. The van der Waals surface area contributed by atoms with Gasteiger partial charge < -0.3 is 10.1 Å². The molecular formula is C24H20ClN3O3. The molecule has 7 heteroatoms. The molecule has 0 aliphatic heterocycles. The molecule has 0 saturated heterocycles. The predicted molar refractivity (Wildman–Crippen MR) is 122 cm³/mol. The number of ether oxygens (including phenoxy) is 1. The molecule has 0 radical (unpaired) electrons. The van der Waals surface area contributed by atoms with Gasteiger partial charge in [0, 0.05) is 5.69 Å². The van der Waals surface area contributed by atoms with Gasteiger partial charge >= 0.3 is 0 Å². The summed E-state index contributed by atoms with van der Waals surface area (Å²) < 4.78 is 7.07. The van der Waals surface area contributed by atoms with Crippen molar-refractivity contribution < 1.29 is 9.53 Å². The largest absolute Gasteiger partial charge is 0.482 e. The summed E-state index contributed by atoms with van der Waals surface area (Å²) in [5, 5.41) is 3.78. The number of nitrogens with one attached hydrogen (secondary N) is 1. The fraction of sp³-hybridized carbons (Fsp3) is 0.125. The second kappa shape index (κ2) is 8.62. The minimum absolute atomic E-state index is 0.136. The summed E-state index contributed by atoms with van der Waals surface area (Å²) in [6.07, 6.45) is 0. The molecule has 1 amide bonds. The van der Waals surface area contributed by atoms with Crippen molar-refractivity contribution in [3.8, 4) is 11.4 Å². The number of hydrogen-bond acceptors (Lipinski definition) is 4. The van der Waals surface area contributed by atoms with E-state index in [9.17, 15) is 9.59 Å². The minimum atomic E-state index is -0.314. The predicted octanol–water partition coefficient (Wildman–Crippen LogP) is 4.67. The molecule has 1 aromatic heterocycles. The second-order valence-electron chi connectivity index (χ2n) is 7.13. The van der Waals surface area contributed by atoms with Gasteiger partial charge in [-0.3, -0.25) is 14.2 Å². The van der Waals surface area contributed by atoms with Crippen molar-refractivity contribution in [1.29, 1.82) is 0 Å². The fourth-order valence-electron chi connectivity index (χ4n) is 3.30. The van der Waals surface area contributed by atoms with Gasteiger partial charge in [0.1, 0.15) is 11.6 Å². The van der Waals surface area contributed by atoms with E-state index in [1.54, 1.807) is 54.0 Å². The standard InChI is InChI=1S/C24H20ClN3O3/c1-15-7-12-20(25)22(13-15)31-14-23(29)27-17-8-10-18(11-9-17)28-16(2)26-21-6-4-3-5-19(21)24(28)30/h3-13H,14H2,1-2H3,(H,27,29). The first-order valence-corrected chi connectivity index (χ1v) is 10.1. The van der Waals surface area contributed by atoms with Crippen LogP contribution in [0.25, 0.3) is 16.6 Å². The summed E-state index contributed by atoms with van der Waals surface area (Å²) in [5.74, 6) is 0.737. The Kier molecular flexibility index (Phi) is 5.73. The van der Waals surface area contributed by atoms with Gasteiger partial charge in [0.05, 0.1) is 21.6 Å². The van der Waals surface area contributed by atoms with Crippen molar-refractivity contribution >= 4 is 34.1 Å². The summed E-state index contributed by atoms with van der Waals surface area (Å²) in [4.78, 5) is 29.7. The van der Waals surface area contributed by atoms with Crippen LogP contribution in [0.4, 0.5) is 5.69 Å². The number of hydrogen-bond donors (Lipinski definition) is 1. The van der Waals surface area contributed by atoms with Gasteiger partial charge in [0.25, 0.3) is 11.5 Å². The third kappa shape index (κ3) is 4.44. The third-order valence-corrected chi connectivity index (χ3v) is 5.11. The van der Waals surface area contributed by atoms with Gasteiger partial charge in [-0.05, 0) is 67.9 Å². The Bertz CT molecular complexity index is 1330. The molecule has 31 heavy (non-hydrogen) atoms. The molecule has 156 valence electrons. The number of aromatic nitrogens is 2. The van der Waals surface area contributed by atoms with E-state index in [0.29, 0.717) is 38.9 Å². The molecule has 0 aliphatic carbocycles. The van der Waals surface area contributed by atoms with Crippen LogP contribution in [0.2, 0.25) is 5.02 Å². The molecule has 1 N–H and O–H groups in total. The zero-order chi connectivity index (χ0) is 22.0. The monoisotopic (exact) mass is 433 g/mol. The molecule has 6 nitrogen and oxygen atoms in total. The summed E-state index contributed by atoms with van der Waals surface area (Å²) in [6.45, 7) is 3.54. The Balaban J connectivity index is 1.49. The van der Waals surface area contributed by atoms with E-state index in [4.69, 9.17) is 16.3 Å². The van der Waals surface area contributed by atoms with E-state index in [1.807, 2.05) is 31.2 Å². The van der Waals surface area contributed by atoms with Crippen molar-refractivity contribution in [1.82, 2.24) is 9.55 Å². The van der Waals surface area contributed by atoms with E-state index in [2.05, 4.69) is 10.3 Å². The van der Waals surface area contributed by atoms with E-state index in [1.165, 1.54) is 0 Å². The number of nitrogens with zero attached hydrogens (tertiary/aromatic N) is 2. The zero-order valence-electron chi connectivity index (χ0n) is 17.1. The topological polar surface area (TPSA) is 73.2 Å². The highest BCUT2D eigenvalue weighted by Gasteiger charge is 2.11. The second-order valence-corrected chi connectivity index (χ2v) is 7.54. The average molecular weight is 434 g/mol. The van der Waals surface area contributed by atoms with Crippen LogP contribution in [0.5, 0.6) is 5.75 Å². The molecule has 0 unspecified atom stereocenters. The van der Waals surface area contributed by atoms with Crippen LogP contribution in [0.15, 0.2) is 71.5 Å². The maximum atomic E-state index is 12.9. The molecule has 3 aromatic carbocycles. The first-order chi connectivity index (χ1) is 14.9. The molecule has 0 fully saturated rings. The lowest BCUT2D eigenvalue weighted by atomic mass is 10.2. The van der Waals surface area contributed by atoms with Crippen LogP contribution in [0.1, 0.15) is 11.4 Å². The van der Waals surface area contributed by atoms with Crippen molar-refractivity contribution in [3.63, 3.8) is 0 Å². The Morgan fingerprint density at radius 3 is 2.58 bits per heavy atom. The van der Waals surface area contributed by atoms with Crippen LogP contribution in [-0.2, 0) is 4.79 Å². The maximum Gasteiger partial charge on any atom is 0.265 e. The quantitative estimate of drug-likeness (QED) is 0.496. The summed E-state index contributed by atoms with van der Waals surface area (Å²) in [5.41, 5.74) is 2.78. The van der Waals surface area contributed by atoms with Gasteiger partial charge in [0.2, 0.25) is 0 Å². The maximum absolute atomic E-state index is 12.9. The summed E-state index contributed by atoms with van der Waals surface area (Å²) >= 11 is 6.09. The Labute approximate surface area is 184 Å². The lowest BCUT2D eigenvalue weighted by Crippen LogP contribution is -2.22. The number of halogens is 1. The Morgan fingerprint density at radius 2 is 1.81 bits per heavy atom. The molecule has 0 bridgehead atoms. The third-order valence-electron chi connectivity index (χ3n) is 4.80. The number of carbonyl (C=O) groups is 1. The smallest absolute Gasteiger partial charge is 0.265 e. The molecular weight excluding hydrogens is 414 g/mol. The molecule has 4 aromatic rings. The summed E-state index contributed by atoms with van der Waals surface area (Å²) in [7, 11) is 0. The molecule has 1 heterocycles. The fourth-order valence-corrected chi connectivity index (χ4v) is 3.48. The highest BCUT2D eigenvalue weighted by Crippen LogP contribution is 2.25. The molecule has 0 atom stereocenters. The van der Waals surface area contributed by atoms with Gasteiger partial charge in [-0.15, -0.1) is 0 Å². The van der Waals surface area contributed by atoms with Crippen molar-refractivity contribution in [3.05, 3.63) is 93.5 Å².